The Balaban J connectivity index is 1.37. The van der Waals surface area contributed by atoms with Crippen molar-refractivity contribution in [3.63, 3.8) is 0 Å². The van der Waals surface area contributed by atoms with Gasteiger partial charge in [0.25, 0.3) is 5.91 Å². The highest BCUT2D eigenvalue weighted by Crippen LogP contribution is 2.23. The van der Waals surface area contributed by atoms with Gasteiger partial charge in [-0.3, -0.25) is 9.78 Å². The zero-order chi connectivity index (χ0) is 19.2. The number of hydrogen-bond acceptors (Lipinski definition) is 6. The third-order valence-corrected chi connectivity index (χ3v) is 4.53. The Morgan fingerprint density at radius 1 is 1.07 bits per heavy atom. The van der Waals surface area contributed by atoms with E-state index in [-0.39, 0.29) is 18.6 Å². The molecule has 1 fully saturated rings. The lowest BCUT2D eigenvalue weighted by atomic mass is 10.1. The van der Waals surface area contributed by atoms with Gasteiger partial charge in [-0.2, -0.15) is 0 Å². The Morgan fingerprint density at radius 3 is 2.64 bits per heavy atom. The molecule has 7 heteroatoms. The summed E-state index contributed by atoms with van der Waals surface area (Å²) >= 11 is 0. The normalized spacial score (nSPS) is 16.6. The van der Waals surface area contributed by atoms with Gasteiger partial charge in [0.2, 0.25) is 0 Å². The van der Waals surface area contributed by atoms with Gasteiger partial charge in [0.1, 0.15) is 18.2 Å². The van der Waals surface area contributed by atoms with Crippen LogP contribution in [0.1, 0.15) is 11.8 Å². The first kappa shape index (κ1) is 18.1. The molecule has 1 atom stereocenters. The molecule has 0 unspecified atom stereocenters. The van der Waals surface area contributed by atoms with Crippen molar-refractivity contribution in [1.29, 1.82) is 0 Å². The largest absolute Gasteiger partial charge is 0.484 e. The highest BCUT2D eigenvalue weighted by molar-refractivity contribution is 5.78. The third-order valence-electron chi connectivity index (χ3n) is 4.53. The van der Waals surface area contributed by atoms with E-state index in [1.165, 1.54) is 6.33 Å². The van der Waals surface area contributed by atoms with Gasteiger partial charge in [-0.05, 0) is 18.2 Å². The SMILES string of the molecule is O=C(COc1ccccc1)N1CCO[C@H](c2ccc(-c3cncnc3)cn2)C1. The summed E-state index contributed by atoms with van der Waals surface area (Å²) in [7, 11) is 0. The summed E-state index contributed by atoms with van der Waals surface area (Å²) < 4.78 is 11.4. The molecule has 2 aromatic heterocycles. The van der Waals surface area contributed by atoms with E-state index in [2.05, 4.69) is 15.0 Å². The van der Waals surface area contributed by atoms with Crippen LogP contribution < -0.4 is 4.74 Å². The molecule has 28 heavy (non-hydrogen) atoms. The number of nitrogens with zero attached hydrogens (tertiary/aromatic N) is 4. The van der Waals surface area contributed by atoms with E-state index in [1.54, 1.807) is 23.5 Å². The summed E-state index contributed by atoms with van der Waals surface area (Å²) in [6.07, 6.45) is 6.50. The van der Waals surface area contributed by atoms with Crippen LogP contribution in [0.15, 0.2) is 67.4 Å². The number of aromatic nitrogens is 3. The van der Waals surface area contributed by atoms with E-state index in [4.69, 9.17) is 9.47 Å². The molecule has 0 N–H and O–H groups in total. The van der Waals surface area contributed by atoms with Crippen LogP contribution in [0, 0.1) is 0 Å². The molecule has 142 valence electrons. The fourth-order valence-electron chi connectivity index (χ4n) is 3.02. The number of carbonyl (C=O) groups is 1. The molecule has 0 saturated carbocycles. The van der Waals surface area contributed by atoms with Crippen LogP contribution in [0.4, 0.5) is 0 Å². The Labute approximate surface area is 163 Å². The van der Waals surface area contributed by atoms with Crippen molar-refractivity contribution in [3.8, 4) is 16.9 Å². The summed E-state index contributed by atoms with van der Waals surface area (Å²) in [6, 6.07) is 13.2. The molecule has 1 saturated heterocycles. The molecule has 1 aliphatic heterocycles. The van der Waals surface area contributed by atoms with Gasteiger partial charge in [-0.25, -0.2) is 9.97 Å². The molecule has 4 rings (SSSR count). The van der Waals surface area contributed by atoms with Gasteiger partial charge < -0.3 is 14.4 Å². The number of benzene rings is 1. The lowest BCUT2D eigenvalue weighted by Crippen LogP contribution is -2.44. The predicted molar refractivity (Wildman–Crippen MR) is 102 cm³/mol. The van der Waals surface area contributed by atoms with Crippen LogP contribution in [-0.4, -0.2) is 52.1 Å². The van der Waals surface area contributed by atoms with Crippen LogP contribution >= 0.6 is 0 Å². The van der Waals surface area contributed by atoms with Crippen molar-refractivity contribution >= 4 is 5.91 Å². The molecule has 7 nitrogen and oxygen atoms in total. The van der Waals surface area contributed by atoms with Crippen molar-refractivity contribution in [1.82, 2.24) is 19.9 Å². The molecule has 0 spiro atoms. The minimum Gasteiger partial charge on any atom is -0.484 e. The number of hydrogen-bond donors (Lipinski definition) is 0. The van der Waals surface area contributed by atoms with Gasteiger partial charge in [0.15, 0.2) is 6.61 Å². The average molecular weight is 376 g/mol. The molecule has 0 aliphatic carbocycles. The smallest absolute Gasteiger partial charge is 0.260 e. The molecule has 3 aromatic rings. The second-order valence-electron chi connectivity index (χ2n) is 6.40. The fraction of sp³-hybridized carbons (Fsp3) is 0.238. The predicted octanol–water partition coefficient (Wildman–Crippen LogP) is 2.52. The first-order valence-corrected chi connectivity index (χ1v) is 9.08. The fourth-order valence-corrected chi connectivity index (χ4v) is 3.02. The molecular formula is C21H20N4O3. The van der Waals surface area contributed by atoms with E-state index in [1.807, 2.05) is 42.5 Å². The first-order chi connectivity index (χ1) is 13.8. The molecule has 1 aliphatic rings. The van der Waals surface area contributed by atoms with E-state index < -0.39 is 0 Å². The number of ether oxygens (including phenoxy) is 2. The van der Waals surface area contributed by atoms with Gasteiger partial charge in [-0.15, -0.1) is 0 Å². The zero-order valence-electron chi connectivity index (χ0n) is 15.3. The van der Waals surface area contributed by atoms with Gasteiger partial charge in [0, 0.05) is 36.3 Å². The van der Waals surface area contributed by atoms with E-state index >= 15 is 0 Å². The van der Waals surface area contributed by atoms with Gasteiger partial charge in [-0.1, -0.05) is 24.3 Å². The maximum absolute atomic E-state index is 12.5. The Kier molecular flexibility index (Phi) is 5.53. The number of carbonyl (C=O) groups excluding carboxylic acids is 1. The number of para-hydroxylation sites is 1. The van der Waals surface area contributed by atoms with Gasteiger partial charge >= 0.3 is 0 Å². The van der Waals surface area contributed by atoms with E-state index in [0.717, 1.165) is 16.8 Å². The Hall–Kier alpha value is -3.32. The minimum atomic E-state index is -0.254. The van der Waals surface area contributed by atoms with Crippen LogP contribution in [-0.2, 0) is 9.53 Å². The van der Waals surface area contributed by atoms with Crippen molar-refractivity contribution in [2.75, 3.05) is 26.3 Å². The van der Waals surface area contributed by atoms with Crippen molar-refractivity contribution in [2.24, 2.45) is 0 Å². The Bertz CT molecular complexity index is 904. The summed E-state index contributed by atoms with van der Waals surface area (Å²) in [6.45, 7) is 1.49. The highest BCUT2D eigenvalue weighted by Gasteiger charge is 2.26. The second-order valence-corrected chi connectivity index (χ2v) is 6.40. The maximum Gasteiger partial charge on any atom is 0.260 e. The molecule has 1 aromatic carbocycles. The number of pyridine rings is 1. The third kappa shape index (κ3) is 4.32. The average Bonchev–Trinajstić information content (AvgIpc) is 2.79. The quantitative estimate of drug-likeness (QED) is 0.681. The lowest BCUT2D eigenvalue weighted by Gasteiger charge is -2.32. The van der Waals surface area contributed by atoms with Crippen LogP contribution in [0.3, 0.4) is 0 Å². The lowest BCUT2D eigenvalue weighted by molar-refractivity contribution is -0.141. The molecule has 0 radical (unpaired) electrons. The summed E-state index contributed by atoms with van der Waals surface area (Å²) in [5, 5.41) is 0. The highest BCUT2D eigenvalue weighted by atomic mass is 16.5. The Morgan fingerprint density at radius 2 is 1.89 bits per heavy atom. The molecule has 3 heterocycles. The van der Waals surface area contributed by atoms with Crippen molar-refractivity contribution in [2.45, 2.75) is 6.10 Å². The van der Waals surface area contributed by atoms with E-state index in [0.29, 0.717) is 25.4 Å². The molecule has 0 bridgehead atoms. The van der Waals surface area contributed by atoms with Gasteiger partial charge in [0.05, 0.1) is 18.8 Å². The summed E-state index contributed by atoms with van der Waals surface area (Å²) in [5.74, 6) is 0.623. The summed E-state index contributed by atoms with van der Waals surface area (Å²) in [4.78, 5) is 26.8. The van der Waals surface area contributed by atoms with Crippen LogP contribution in [0.25, 0.3) is 11.1 Å². The van der Waals surface area contributed by atoms with Crippen molar-refractivity contribution < 1.29 is 14.3 Å². The first-order valence-electron chi connectivity index (χ1n) is 9.08. The maximum atomic E-state index is 12.5. The minimum absolute atomic E-state index is 0.0110. The standard InChI is InChI=1S/C21H20N4O3/c26-21(14-28-18-4-2-1-3-5-18)25-8-9-27-20(13-25)19-7-6-16(12-24-19)17-10-22-15-23-11-17/h1-7,10-12,15,20H,8-9,13-14H2/t20-/m0/s1. The van der Waals surface area contributed by atoms with Crippen LogP contribution in [0.5, 0.6) is 5.75 Å². The monoisotopic (exact) mass is 376 g/mol. The number of rotatable bonds is 5. The van der Waals surface area contributed by atoms with Crippen LogP contribution in [0.2, 0.25) is 0 Å². The second kappa shape index (κ2) is 8.58. The number of amides is 1. The summed E-state index contributed by atoms with van der Waals surface area (Å²) in [5.41, 5.74) is 2.63. The number of morpholine rings is 1. The zero-order valence-corrected chi connectivity index (χ0v) is 15.3. The molecular weight excluding hydrogens is 356 g/mol. The van der Waals surface area contributed by atoms with E-state index in [9.17, 15) is 4.79 Å². The topological polar surface area (TPSA) is 77.4 Å². The van der Waals surface area contributed by atoms with Crippen molar-refractivity contribution in [3.05, 3.63) is 73.1 Å². The molecule has 1 amide bonds.